The molecule has 0 aromatic rings. The number of hydrogen-bond donors (Lipinski definition) is 1. The van der Waals surface area contributed by atoms with E-state index in [-0.39, 0.29) is 0 Å². The van der Waals surface area contributed by atoms with Gasteiger partial charge in [-0.3, -0.25) is 5.32 Å². The largest absolute Gasteiger partial charge is 0.481 e. The Morgan fingerprint density at radius 2 is 1.82 bits per heavy atom. The number of methoxy groups -OCH3 is 2. The standard InChI is InChI=1S/C14H22N2O4.C2H6/c1-9-7-8-10(18-5)15-12(19-6)11(9)16-13(17)20-14(2,3)4;1-2/h8H,7H2,1-6H3,(H,16,17);1-2H3. The summed E-state index contributed by atoms with van der Waals surface area (Å²) >= 11 is 0. The van der Waals surface area contributed by atoms with Gasteiger partial charge < -0.3 is 14.2 Å². The SMILES string of the molecule is CC.COC1=CCC(C)=C(NC(=O)OC(C)(C)C)C(OC)=N1. The Labute approximate surface area is 133 Å². The summed E-state index contributed by atoms with van der Waals surface area (Å²) in [5.74, 6) is 0.737. The highest BCUT2D eigenvalue weighted by Crippen LogP contribution is 2.18. The molecule has 1 N–H and O–H groups in total. The van der Waals surface area contributed by atoms with Crippen LogP contribution in [0.5, 0.6) is 0 Å². The van der Waals surface area contributed by atoms with Crippen molar-refractivity contribution < 1.29 is 19.0 Å². The van der Waals surface area contributed by atoms with Crippen molar-refractivity contribution in [2.75, 3.05) is 14.2 Å². The molecule has 0 saturated carbocycles. The van der Waals surface area contributed by atoms with Crippen LogP contribution in [0.3, 0.4) is 0 Å². The molecule has 1 aliphatic rings. The third-order valence-corrected chi connectivity index (χ3v) is 2.46. The van der Waals surface area contributed by atoms with Crippen molar-refractivity contribution in [3.8, 4) is 0 Å². The first kappa shape index (κ1) is 20.0. The van der Waals surface area contributed by atoms with Crippen LogP contribution in [0.4, 0.5) is 4.79 Å². The highest BCUT2D eigenvalue weighted by molar-refractivity contribution is 5.97. The van der Waals surface area contributed by atoms with Gasteiger partial charge in [-0.05, 0) is 45.8 Å². The predicted molar refractivity (Wildman–Crippen MR) is 87.6 cm³/mol. The van der Waals surface area contributed by atoms with Crippen molar-refractivity contribution in [2.24, 2.45) is 4.99 Å². The lowest BCUT2D eigenvalue weighted by atomic mass is 10.1. The van der Waals surface area contributed by atoms with Crippen molar-refractivity contribution in [1.82, 2.24) is 5.32 Å². The lowest BCUT2D eigenvalue weighted by Crippen LogP contribution is -2.35. The predicted octanol–water partition coefficient (Wildman–Crippen LogP) is 3.75. The molecule has 126 valence electrons. The Morgan fingerprint density at radius 1 is 1.23 bits per heavy atom. The highest BCUT2D eigenvalue weighted by Gasteiger charge is 2.22. The number of rotatable bonds is 2. The quantitative estimate of drug-likeness (QED) is 0.843. The van der Waals surface area contributed by atoms with Gasteiger partial charge in [-0.15, -0.1) is 0 Å². The maximum atomic E-state index is 11.9. The molecule has 1 heterocycles. The van der Waals surface area contributed by atoms with Crippen LogP contribution < -0.4 is 5.32 Å². The molecular weight excluding hydrogens is 284 g/mol. The molecule has 6 heteroatoms. The summed E-state index contributed by atoms with van der Waals surface area (Å²) in [6.07, 6.45) is 1.88. The van der Waals surface area contributed by atoms with E-state index >= 15 is 0 Å². The highest BCUT2D eigenvalue weighted by atomic mass is 16.6. The van der Waals surface area contributed by atoms with Crippen LogP contribution in [0.15, 0.2) is 28.2 Å². The summed E-state index contributed by atoms with van der Waals surface area (Å²) in [6, 6.07) is 0. The number of ether oxygens (including phenoxy) is 3. The molecule has 0 aromatic carbocycles. The van der Waals surface area contributed by atoms with E-state index in [1.807, 2.05) is 26.8 Å². The minimum absolute atomic E-state index is 0.291. The minimum atomic E-state index is -0.566. The second-order valence-corrected chi connectivity index (χ2v) is 5.35. The van der Waals surface area contributed by atoms with Gasteiger partial charge in [0.25, 0.3) is 0 Å². The van der Waals surface area contributed by atoms with Gasteiger partial charge in [0.15, 0.2) is 0 Å². The summed E-state index contributed by atoms with van der Waals surface area (Å²) < 4.78 is 15.6. The van der Waals surface area contributed by atoms with Crippen molar-refractivity contribution in [3.63, 3.8) is 0 Å². The fourth-order valence-electron chi connectivity index (χ4n) is 1.57. The summed E-state index contributed by atoms with van der Waals surface area (Å²) in [6.45, 7) is 11.3. The first-order valence-corrected chi connectivity index (χ1v) is 7.33. The van der Waals surface area contributed by atoms with Crippen LogP contribution in [0.25, 0.3) is 0 Å². The second kappa shape index (κ2) is 9.12. The van der Waals surface area contributed by atoms with Gasteiger partial charge in [0.2, 0.25) is 11.8 Å². The molecule has 6 nitrogen and oxygen atoms in total. The van der Waals surface area contributed by atoms with Gasteiger partial charge >= 0.3 is 6.09 Å². The molecular formula is C16H28N2O4. The van der Waals surface area contributed by atoms with Crippen LogP contribution >= 0.6 is 0 Å². The number of allylic oxidation sites excluding steroid dienone is 2. The van der Waals surface area contributed by atoms with Crippen molar-refractivity contribution in [2.45, 2.75) is 53.6 Å². The van der Waals surface area contributed by atoms with Gasteiger partial charge in [-0.25, -0.2) is 4.79 Å². The molecule has 0 bridgehead atoms. The Hall–Kier alpha value is -1.98. The first-order chi connectivity index (χ1) is 10.3. The molecule has 1 amide bonds. The number of alkyl carbamates (subject to hydrolysis) is 1. The second-order valence-electron chi connectivity index (χ2n) is 5.35. The van der Waals surface area contributed by atoms with Crippen molar-refractivity contribution in [3.05, 3.63) is 23.2 Å². The number of carbonyl (C=O) groups excluding carboxylic acids is 1. The summed E-state index contributed by atoms with van der Waals surface area (Å²) in [7, 11) is 3.02. The van der Waals surface area contributed by atoms with Crippen LogP contribution in [-0.2, 0) is 14.2 Å². The van der Waals surface area contributed by atoms with Crippen LogP contribution in [-0.4, -0.2) is 31.8 Å². The molecule has 0 aromatic heterocycles. The Bertz CT molecular complexity index is 471. The van der Waals surface area contributed by atoms with E-state index in [4.69, 9.17) is 14.2 Å². The van der Waals surface area contributed by atoms with E-state index in [0.29, 0.717) is 23.9 Å². The molecule has 0 fully saturated rings. The third kappa shape index (κ3) is 6.65. The molecule has 0 atom stereocenters. The Kier molecular flexibility index (Phi) is 8.30. The lowest BCUT2D eigenvalue weighted by Gasteiger charge is -2.21. The number of hydrogen-bond acceptors (Lipinski definition) is 5. The molecule has 0 aliphatic carbocycles. The maximum absolute atomic E-state index is 11.9. The zero-order chi connectivity index (χ0) is 17.3. The average Bonchev–Trinajstić information content (AvgIpc) is 2.59. The van der Waals surface area contributed by atoms with Crippen molar-refractivity contribution in [1.29, 1.82) is 0 Å². The van der Waals surface area contributed by atoms with Gasteiger partial charge in [-0.1, -0.05) is 13.8 Å². The number of nitrogens with one attached hydrogen (secondary N) is 1. The molecule has 0 unspecified atom stereocenters. The lowest BCUT2D eigenvalue weighted by molar-refractivity contribution is 0.0547. The van der Waals surface area contributed by atoms with Crippen LogP contribution in [0.1, 0.15) is 48.0 Å². The van der Waals surface area contributed by atoms with Crippen LogP contribution in [0, 0.1) is 0 Å². The van der Waals surface area contributed by atoms with Gasteiger partial charge in [0.1, 0.15) is 11.3 Å². The van der Waals surface area contributed by atoms with Gasteiger partial charge in [-0.2, -0.15) is 4.99 Å². The van der Waals surface area contributed by atoms with E-state index < -0.39 is 11.7 Å². The minimum Gasteiger partial charge on any atom is -0.481 e. The molecule has 0 spiro atoms. The van der Waals surface area contributed by atoms with Crippen molar-refractivity contribution >= 4 is 12.0 Å². The molecule has 22 heavy (non-hydrogen) atoms. The van der Waals surface area contributed by atoms with E-state index in [1.165, 1.54) is 14.2 Å². The monoisotopic (exact) mass is 312 g/mol. The fraction of sp³-hybridized carbons (Fsp3) is 0.625. The normalized spacial score (nSPS) is 14.7. The van der Waals surface area contributed by atoms with Gasteiger partial charge in [0.05, 0.1) is 14.2 Å². The first-order valence-electron chi connectivity index (χ1n) is 7.33. The Morgan fingerprint density at radius 3 is 2.27 bits per heavy atom. The molecule has 0 saturated heterocycles. The zero-order valence-corrected chi connectivity index (χ0v) is 14.9. The molecule has 0 radical (unpaired) electrons. The number of aliphatic imine (C=N–C) groups is 1. The number of amides is 1. The molecule has 1 rings (SSSR count). The average molecular weight is 312 g/mol. The summed E-state index contributed by atoms with van der Waals surface area (Å²) in [5.41, 5.74) is 0.845. The van der Waals surface area contributed by atoms with Crippen LogP contribution in [0.2, 0.25) is 0 Å². The topological polar surface area (TPSA) is 69.2 Å². The summed E-state index contributed by atoms with van der Waals surface area (Å²) in [5, 5.41) is 2.68. The molecule has 1 aliphatic heterocycles. The van der Waals surface area contributed by atoms with Gasteiger partial charge in [0, 0.05) is 0 Å². The number of nitrogens with zero attached hydrogens (tertiary/aromatic N) is 1. The fourth-order valence-corrected chi connectivity index (χ4v) is 1.57. The summed E-state index contributed by atoms with van der Waals surface area (Å²) in [4.78, 5) is 16.1. The maximum Gasteiger partial charge on any atom is 0.412 e. The smallest absolute Gasteiger partial charge is 0.412 e. The third-order valence-electron chi connectivity index (χ3n) is 2.46. The zero-order valence-electron chi connectivity index (χ0n) is 14.9. The van der Waals surface area contributed by atoms with E-state index in [9.17, 15) is 4.79 Å². The van der Waals surface area contributed by atoms with E-state index in [0.717, 1.165) is 5.57 Å². The van der Waals surface area contributed by atoms with E-state index in [2.05, 4.69) is 10.3 Å². The number of carbonyl (C=O) groups is 1. The van der Waals surface area contributed by atoms with E-state index in [1.54, 1.807) is 20.8 Å². The Balaban J connectivity index is 0.00000211.